The number of rotatable bonds is 6. The number of aromatic nitrogens is 6. The highest BCUT2D eigenvalue weighted by molar-refractivity contribution is 7.98. The number of nitrogens with zero attached hydrogens (tertiary/aromatic N) is 5. The monoisotopic (exact) mass is 375 g/mol. The molecule has 9 nitrogen and oxygen atoms in total. The second kappa shape index (κ2) is 7.40. The predicted octanol–water partition coefficient (Wildman–Crippen LogP) is 1.86. The van der Waals surface area contributed by atoms with E-state index < -0.39 is 0 Å². The first-order chi connectivity index (χ1) is 12.7. The lowest BCUT2D eigenvalue weighted by Gasteiger charge is -2.31. The van der Waals surface area contributed by atoms with Gasteiger partial charge in [-0.3, -0.25) is 9.55 Å². The maximum Gasteiger partial charge on any atom is 0.340 e. The lowest BCUT2D eigenvalue weighted by atomic mass is 10.00. The Kier molecular flexibility index (Phi) is 4.83. The molecule has 1 aliphatic rings. The molecule has 0 spiro atoms. The Morgan fingerprint density at radius 2 is 2.19 bits per heavy atom. The third-order valence-corrected chi connectivity index (χ3v) is 5.52. The van der Waals surface area contributed by atoms with E-state index in [1.54, 1.807) is 6.26 Å². The van der Waals surface area contributed by atoms with E-state index in [0.717, 1.165) is 48.7 Å². The van der Waals surface area contributed by atoms with E-state index in [1.807, 2.05) is 12.1 Å². The minimum absolute atomic E-state index is 0.305. The fraction of sp³-hybridized carbons (Fsp3) is 0.500. The molecular formula is C16H21N7O2S. The standard InChI is InChI=1S/C16H21N7O2S/c1-11-4-6-22(7-5-11)15-20-21-16(23(15)9-12-3-2-8-25-12)26-10-13-17-14(24)19-18-13/h2-3,8,11H,4-7,9-10H2,1H3,(H2,17,18,19,24). The molecule has 0 unspecified atom stereocenters. The van der Waals surface area contributed by atoms with Crippen LogP contribution in [-0.2, 0) is 12.3 Å². The third-order valence-electron chi connectivity index (χ3n) is 4.55. The van der Waals surface area contributed by atoms with Gasteiger partial charge in [-0.2, -0.15) is 5.10 Å². The van der Waals surface area contributed by atoms with Crippen LogP contribution in [0.4, 0.5) is 5.95 Å². The Hall–Kier alpha value is -2.49. The van der Waals surface area contributed by atoms with Crippen molar-refractivity contribution in [3.63, 3.8) is 0 Å². The molecule has 0 bridgehead atoms. The number of hydrogen-bond donors (Lipinski definition) is 2. The van der Waals surface area contributed by atoms with Crippen molar-refractivity contribution in [2.45, 2.75) is 37.2 Å². The van der Waals surface area contributed by atoms with Crippen molar-refractivity contribution in [2.24, 2.45) is 5.92 Å². The summed E-state index contributed by atoms with van der Waals surface area (Å²) in [6.45, 7) is 4.82. The smallest absolute Gasteiger partial charge is 0.340 e. The maximum atomic E-state index is 11.2. The van der Waals surface area contributed by atoms with Crippen LogP contribution in [0.1, 0.15) is 31.4 Å². The van der Waals surface area contributed by atoms with Crippen molar-refractivity contribution in [3.8, 4) is 0 Å². The van der Waals surface area contributed by atoms with Crippen LogP contribution in [0.5, 0.6) is 0 Å². The van der Waals surface area contributed by atoms with Crippen molar-refractivity contribution in [2.75, 3.05) is 18.0 Å². The van der Waals surface area contributed by atoms with Gasteiger partial charge in [0.15, 0.2) is 5.16 Å². The third kappa shape index (κ3) is 3.69. The average molecular weight is 375 g/mol. The minimum atomic E-state index is -0.305. The molecule has 0 radical (unpaired) electrons. The predicted molar refractivity (Wildman–Crippen MR) is 97.2 cm³/mol. The summed E-state index contributed by atoms with van der Waals surface area (Å²) >= 11 is 1.49. The Morgan fingerprint density at radius 3 is 2.88 bits per heavy atom. The van der Waals surface area contributed by atoms with Crippen LogP contribution in [0.15, 0.2) is 32.8 Å². The maximum absolute atomic E-state index is 11.2. The fourth-order valence-electron chi connectivity index (χ4n) is 3.03. The van der Waals surface area contributed by atoms with Gasteiger partial charge >= 0.3 is 5.69 Å². The molecule has 1 fully saturated rings. The second-order valence-corrected chi connectivity index (χ2v) is 7.47. The summed E-state index contributed by atoms with van der Waals surface area (Å²) < 4.78 is 7.59. The minimum Gasteiger partial charge on any atom is -0.467 e. The van der Waals surface area contributed by atoms with E-state index in [2.05, 4.69) is 41.8 Å². The summed E-state index contributed by atoms with van der Waals surface area (Å²) in [7, 11) is 0. The van der Waals surface area contributed by atoms with Crippen LogP contribution in [0, 0.1) is 5.92 Å². The van der Waals surface area contributed by atoms with Gasteiger partial charge in [-0.1, -0.05) is 18.7 Å². The van der Waals surface area contributed by atoms with E-state index in [4.69, 9.17) is 4.42 Å². The second-order valence-electron chi connectivity index (χ2n) is 6.53. The highest BCUT2D eigenvalue weighted by atomic mass is 32.2. The average Bonchev–Trinajstić information content (AvgIpc) is 3.37. The number of hydrogen-bond acceptors (Lipinski definition) is 7. The van der Waals surface area contributed by atoms with Gasteiger partial charge in [0.1, 0.15) is 11.6 Å². The quantitative estimate of drug-likeness (QED) is 0.633. The lowest BCUT2D eigenvalue weighted by molar-refractivity contribution is 0.427. The molecule has 0 atom stereocenters. The van der Waals surface area contributed by atoms with Gasteiger partial charge in [0.25, 0.3) is 0 Å². The number of H-pyrrole nitrogens is 2. The van der Waals surface area contributed by atoms with Crippen LogP contribution in [-0.4, -0.2) is 43.0 Å². The van der Waals surface area contributed by atoms with Crippen molar-refractivity contribution in [1.29, 1.82) is 0 Å². The highest BCUT2D eigenvalue weighted by Crippen LogP contribution is 2.28. The lowest BCUT2D eigenvalue weighted by Crippen LogP contribution is -2.35. The van der Waals surface area contributed by atoms with Gasteiger partial charge in [-0.05, 0) is 30.9 Å². The van der Waals surface area contributed by atoms with Gasteiger partial charge in [0, 0.05) is 13.1 Å². The molecule has 4 rings (SSSR count). The zero-order valence-electron chi connectivity index (χ0n) is 14.5. The molecule has 10 heteroatoms. The highest BCUT2D eigenvalue weighted by Gasteiger charge is 2.23. The van der Waals surface area contributed by atoms with Gasteiger partial charge in [-0.15, -0.1) is 10.2 Å². The summed E-state index contributed by atoms with van der Waals surface area (Å²) in [6, 6.07) is 3.82. The number of piperidine rings is 1. The molecule has 0 aliphatic carbocycles. The largest absolute Gasteiger partial charge is 0.467 e. The molecule has 4 heterocycles. The van der Waals surface area contributed by atoms with Crippen LogP contribution < -0.4 is 10.6 Å². The molecule has 2 N–H and O–H groups in total. The van der Waals surface area contributed by atoms with Gasteiger partial charge in [-0.25, -0.2) is 9.89 Å². The van der Waals surface area contributed by atoms with Gasteiger partial charge in [0.05, 0.1) is 18.6 Å². The van der Waals surface area contributed by atoms with Crippen LogP contribution in [0.3, 0.4) is 0 Å². The molecular weight excluding hydrogens is 354 g/mol. The number of anilines is 1. The molecule has 0 amide bonds. The molecule has 0 aromatic carbocycles. The van der Waals surface area contributed by atoms with Crippen LogP contribution >= 0.6 is 11.8 Å². The molecule has 1 saturated heterocycles. The fourth-order valence-corrected chi connectivity index (χ4v) is 3.84. The Bertz CT molecular complexity index is 890. The van der Waals surface area contributed by atoms with Gasteiger partial charge in [0.2, 0.25) is 5.95 Å². The van der Waals surface area contributed by atoms with Crippen LogP contribution in [0.25, 0.3) is 0 Å². The Labute approximate surface area is 154 Å². The summed E-state index contributed by atoms with van der Waals surface area (Å²) in [5, 5.41) is 15.9. The van der Waals surface area contributed by atoms with E-state index in [1.165, 1.54) is 11.8 Å². The van der Waals surface area contributed by atoms with E-state index >= 15 is 0 Å². The van der Waals surface area contributed by atoms with Crippen molar-refractivity contribution < 1.29 is 4.42 Å². The number of thioether (sulfide) groups is 1. The molecule has 0 saturated carbocycles. The van der Waals surface area contributed by atoms with Crippen LogP contribution in [0.2, 0.25) is 0 Å². The number of aromatic amines is 2. The summed E-state index contributed by atoms with van der Waals surface area (Å²) in [5.41, 5.74) is -0.305. The molecule has 1 aliphatic heterocycles. The molecule has 3 aromatic rings. The SMILES string of the molecule is CC1CCN(c2nnc(SCc3n[nH]c(=O)[nH]3)n2Cc2ccco2)CC1. The summed E-state index contributed by atoms with van der Waals surface area (Å²) in [6.07, 6.45) is 3.98. The topological polar surface area (TPSA) is 109 Å². The van der Waals surface area contributed by atoms with E-state index in [-0.39, 0.29) is 5.69 Å². The molecule has 26 heavy (non-hydrogen) atoms. The van der Waals surface area contributed by atoms with Crippen molar-refractivity contribution in [3.05, 3.63) is 40.5 Å². The number of furan rings is 1. The zero-order chi connectivity index (χ0) is 17.9. The van der Waals surface area contributed by atoms with Crippen molar-refractivity contribution in [1.82, 2.24) is 29.9 Å². The van der Waals surface area contributed by atoms with E-state index in [0.29, 0.717) is 18.1 Å². The first-order valence-electron chi connectivity index (χ1n) is 8.66. The first-order valence-corrected chi connectivity index (χ1v) is 9.64. The van der Waals surface area contributed by atoms with E-state index in [9.17, 15) is 4.79 Å². The molecule has 138 valence electrons. The first kappa shape index (κ1) is 17.0. The normalized spacial score (nSPS) is 15.7. The number of nitrogens with one attached hydrogen (secondary N) is 2. The summed E-state index contributed by atoms with van der Waals surface area (Å²) in [5.74, 6) is 3.56. The Morgan fingerprint density at radius 1 is 1.35 bits per heavy atom. The van der Waals surface area contributed by atoms with Crippen molar-refractivity contribution >= 4 is 17.7 Å². The summed E-state index contributed by atoms with van der Waals surface area (Å²) in [4.78, 5) is 16.1. The zero-order valence-corrected chi connectivity index (χ0v) is 15.3. The van der Waals surface area contributed by atoms with Gasteiger partial charge < -0.3 is 9.32 Å². The molecule has 3 aromatic heterocycles. The Balaban J connectivity index is 1.57.